The number of esters is 1. The zero-order chi connectivity index (χ0) is 16.6. The highest BCUT2D eigenvalue weighted by Gasteiger charge is 2.22. The molecule has 0 fully saturated rings. The smallest absolute Gasteiger partial charge is 0.340 e. The Morgan fingerprint density at radius 3 is 2.83 bits per heavy atom. The number of nitrogens with one attached hydrogen (secondary N) is 1. The number of aromatic nitrogens is 1. The molecule has 0 aliphatic heterocycles. The first kappa shape index (κ1) is 15.4. The van der Waals surface area contributed by atoms with E-state index in [4.69, 9.17) is 4.74 Å². The molecule has 1 N–H and O–H groups in total. The molecule has 3 aromatic rings. The Morgan fingerprint density at radius 1 is 1.30 bits per heavy atom. The summed E-state index contributed by atoms with van der Waals surface area (Å²) in [6, 6.07) is 6.19. The van der Waals surface area contributed by atoms with Gasteiger partial charge < -0.3 is 10.1 Å². The summed E-state index contributed by atoms with van der Waals surface area (Å²) in [4.78, 5) is 15.9. The van der Waals surface area contributed by atoms with Crippen molar-refractivity contribution in [2.24, 2.45) is 0 Å². The number of aryl methyl sites for hydroxylation is 1. The number of benzene rings is 2. The summed E-state index contributed by atoms with van der Waals surface area (Å²) >= 11 is 1.20. The van der Waals surface area contributed by atoms with Gasteiger partial charge in [-0.1, -0.05) is 12.1 Å². The lowest BCUT2D eigenvalue weighted by molar-refractivity contribution is 0.0601. The van der Waals surface area contributed by atoms with E-state index in [2.05, 4.69) is 10.3 Å². The summed E-state index contributed by atoms with van der Waals surface area (Å²) in [5.41, 5.74) is 1.92. The highest BCUT2D eigenvalue weighted by molar-refractivity contribution is 7.16. The Hall–Kier alpha value is -2.54. The summed E-state index contributed by atoms with van der Waals surface area (Å²) in [5.74, 6) is -1.94. The van der Waals surface area contributed by atoms with Crippen molar-refractivity contribution in [2.45, 2.75) is 6.92 Å². The van der Waals surface area contributed by atoms with Gasteiger partial charge in [-0.05, 0) is 24.6 Å². The molecule has 0 amide bonds. The number of carbonyl (C=O) groups excluding carboxylic acids is 1. The van der Waals surface area contributed by atoms with Crippen LogP contribution in [0.3, 0.4) is 0 Å². The van der Waals surface area contributed by atoms with Crippen molar-refractivity contribution < 1.29 is 18.3 Å². The second-order valence-corrected chi connectivity index (χ2v) is 5.75. The number of nitrogens with zero attached hydrogens (tertiary/aromatic N) is 1. The maximum absolute atomic E-state index is 14.7. The second kappa shape index (κ2) is 5.92. The second-order valence-electron chi connectivity index (χ2n) is 4.87. The van der Waals surface area contributed by atoms with Gasteiger partial charge >= 0.3 is 5.97 Å². The zero-order valence-electron chi connectivity index (χ0n) is 12.3. The number of methoxy groups -OCH3 is 1. The molecule has 3 rings (SSSR count). The largest absolute Gasteiger partial charge is 0.465 e. The van der Waals surface area contributed by atoms with Crippen molar-refractivity contribution in [3.63, 3.8) is 0 Å². The number of rotatable bonds is 3. The Bertz CT molecular complexity index is 908. The van der Waals surface area contributed by atoms with E-state index >= 15 is 0 Å². The first-order valence-electron chi connectivity index (χ1n) is 6.69. The number of thiazole rings is 1. The molecular formula is C16H12F2N2O2S. The minimum atomic E-state index is -0.718. The fourth-order valence-corrected chi connectivity index (χ4v) is 2.95. The van der Waals surface area contributed by atoms with Crippen molar-refractivity contribution >= 4 is 38.9 Å². The number of hydrogen-bond acceptors (Lipinski definition) is 5. The van der Waals surface area contributed by atoms with Gasteiger partial charge in [-0.15, -0.1) is 11.3 Å². The van der Waals surface area contributed by atoms with Crippen molar-refractivity contribution in [1.29, 1.82) is 0 Å². The van der Waals surface area contributed by atoms with Crippen molar-refractivity contribution in [3.8, 4) is 0 Å². The van der Waals surface area contributed by atoms with Crippen LogP contribution in [0.1, 0.15) is 15.9 Å². The predicted octanol–water partition coefficient (Wildman–Crippen LogP) is 4.41. The van der Waals surface area contributed by atoms with Crippen molar-refractivity contribution in [3.05, 3.63) is 52.5 Å². The van der Waals surface area contributed by atoms with Crippen LogP contribution in [0.25, 0.3) is 10.2 Å². The van der Waals surface area contributed by atoms with E-state index in [9.17, 15) is 13.6 Å². The molecule has 0 atom stereocenters. The van der Waals surface area contributed by atoms with Gasteiger partial charge in [-0.2, -0.15) is 0 Å². The quantitative estimate of drug-likeness (QED) is 0.721. The van der Waals surface area contributed by atoms with Gasteiger partial charge in [-0.3, -0.25) is 0 Å². The zero-order valence-corrected chi connectivity index (χ0v) is 13.1. The lowest BCUT2D eigenvalue weighted by Gasteiger charge is -2.13. The van der Waals surface area contributed by atoms with Gasteiger partial charge in [0.2, 0.25) is 0 Å². The van der Waals surface area contributed by atoms with E-state index in [-0.39, 0.29) is 22.5 Å². The molecule has 0 radical (unpaired) electrons. The molecule has 0 bridgehead atoms. The van der Waals surface area contributed by atoms with E-state index in [0.29, 0.717) is 10.3 Å². The lowest BCUT2D eigenvalue weighted by Crippen LogP contribution is -2.09. The van der Waals surface area contributed by atoms with Crippen LogP contribution in [0.2, 0.25) is 0 Å². The number of fused-ring (bicyclic) bond motifs is 1. The monoisotopic (exact) mass is 334 g/mol. The Kier molecular flexibility index (Phi) is 3.96. The van der Waals surface area contributed by atoms with Crippen LogP contribution >= 0.6 is 11.3 Å². The fourth-order valence-electron chi connectivity index (χ4n) is 2.23. The van der Waals surface area contributed by atoms with Gasteiger partial charge in [0.05, 0.1) is 34.3 Å². The summed E-state index contributed by atoms with van der Waals surface area (Å²) in [6.07, 6.45) is 0. The summed E-state index contributed by atoms with van der Waals surface area (Å²) in [7, 11) is 1.20. The van der Waals surface area contributed by atoms with Gasteiger partial charge in [0, 0.05) is 0 Å². The summed E-state index contributed by atoms with van der Waals surface area (Å²) < 4.78 is 34.1. The third-order valence-electron chi connectivity index (χ3n) is 3.42. The van der Waals surface area contributed by atoms with E-state index in [1.54, 1.807) is 19.1 Å². The van der Waals surface area contributed by atoms with Crippen LogP contribution in [-0.4, -0.2) is 18.1 Å². The average molecular weight is 334 g/mol. The maximum atomic E-state index is 14.7. The van der Waals surface area contributed by atoms with E-state index in [1.807, 2.05) is 0 Å². The molecule has 7 heteroatoms. The molecule has 2 aromatic carbocycles. The van der Waals surface area contributed by atoms with E-state index in [1.165, 1.54) is 36.1 Å². The van der Waals surface area contributed by atoms with Crippen LogP contribution < -0.4 is 5.32 Å². The van der Waals surface area contributed by atoms with Gasteiger partial charge in [0.25, 0.3) is 0 Å². The van der Waals surface area contributed by atoms with Crippen LogP contribution in [0, 0.1) is 18.6 Å². The topological polar surface area (TPSA) is 51.2 Å². The third kappa shape index (κ3) is 2.63. The Morgan fingerprint density at radius 2 is 2.09 bits per heavy atom. The molecule has 4 nitrogen and oxygen atoms in total. The van der Waals surface area contributed by atoms with Crippen molar-refractivity contribution in [1.82, 2.24) is 4.98 Å². The van der Waals surface area contributed by atoms with Gasteiger partial charge in [0.15, 0.2) is 5.82 Å². The molecule has 0 saturated heterocycles. The number of halogens is 2. The van der Waals surface area contributed by atoms with Gasteiger partial charge in [-0.25, -0.2) is 18.6 Å². The molecule has 0 spiro atoms. The van der Waals surface area contributed by atoms with Crippen LogP contribution in [-0.2, 0) is 4.74 Å². The molecular weight excluding hydrogens is 322 g/mol. The summed E-state index contributed by atoms with van der Waals surface area (Å²) in [5, 5.41) is 2.66. The predicted molar refractivity (Wildman–Crippen MR) is 85.3 cm³/mol. The molecule has 0 saturated carbocycles. The molecule has 0 aliphatic carbocycles. The van der Waals surface area contributed by atoms with E-state index < -0.39 is 17.6 Å². The fraction of sp³-hybridized carbons (Fsp3) is 0.125. The highest BCUT2D eigenvalue weighted by atomic mass is 32.1. The molecule has 1 heterocycles. The minimum absolute atomic E-state index is 0.0114. The number of carbonyl (C=O) groups is 1. The number of hydrogen-bond donors (Lipinski definition) is 1. The first-order valence-corrected chi connectivity index (χ1v) is 7.57. The molecule has 23 heavy (non-hydrogen) atoms. The molecule has 118 valence electrons. The normalized spacial score (nSPS) is 10.8. The Balaban J connectivity index is 2.20. The van der Waals surface area contributed by atoms with Gasteiger partial charge in [0.1, 0.15) is 11.3 Å². The maximum Gasteiger partial charge on any atom is 0.340 e. The number of ether oxygens (including phenoxy) is 1. The third-order valence-corrected chi connectivity index (χ3v) is 4.20. The minimum Gasteiger partial charge on any atom is -0.465 e. The number of anilines is 2. The standard InChI is InChI=1S/C16H12F2N2O2S/c1-8-4-3-5-10(12(8)17)20-14-9(16(21)22-2)6-11-15(13(14)18)19-7-23-11/h3-7,20H,1-2H3. The molecule has 0 unspecified atom stereocenters. The lowest BCUT2D eigenvalue weighted by atomic mass is 10.1. The van der Waals surface area contributed by atoms with Crippen LogP contribution in [0.15, 0.2) is 29.8 Å². The van der Waals surface area contributed by atoms with Crippen LogP contribution in [0.5, 0.6) is 0 Å². The molecule has 1 aromatic heterocycles. The highest BCUT2D eigenvalue weighted by Crippen LogP contribution is 2.33. The molecule has 0 aliphatic rings. The van der Waals surface area contributed by atoms with Crippen LogP contribution in [0.4, 0.5) is 20.2 Å². The van der Waals surface area contributed by atoms with Crippen molar-refractivity contribution in [2.75, 3.05) is 12.4 Å². The first-order chi connectivity index (χ1) is 11.0. The van der Waals surface area contributed by atoms with E-state index in [0.717, 1.165) is 0 Å². The summed E-state index contributed by atoms with van der Waals surface area (Å²) in [6.45, 7) is 1.60. The Labute approximate surface area is 134 Å². The SMILES string of the molecule is COC(=O)c1cc2scnc2c(F)c1Nc1cccc(C)c1F. The average Bonchev–Trinajstić information content (AvgIpc) is 3.02.